The van der Waals surface area contributed by atoms with Gasteiger partial charge in [-0.1, -0.05) is 36.4 Å². The molecule has 3 heterocycles. The van der Waals surface area contributed by atoms with Crippen LogP contribution in [0.25, 0.3) is 0 Å². The fraction of sp³-hybridized carbons (Fsp3) is 0.304. The Labute approximate surface area is 186 Å². The van der Waals surface area contributed by atoms with Gasteiger partial charge in [0.1, 0.15) is 11.0 Å². The van der Waals surface area contributed by atoms with Gasteiger partial charge in [-0.05, 0) is 50.0 Å². The van der Waals surface area contributed by atoms with E-state index in [1.54, 1.807) is 44.1 Å². The van der Waals surface area contributed by atoms with E-state index in [1.807, 2.05) is 12.1 Å². The molecule has 1 aliphatic carbocycles. The highest BCUT2D eigenvalue weighted by atomic mass is 35.5. The molecule has 2 aliphatic heterocycles. The monoisotopic (exact) mass is 438 g/mol. The number of hydrogen-bond acceptors (Lipinski definition) is 5. The second-order valence-corrected chi connectivity index (χ2v) is 7.92. The normalized spacial score (nSPS) is 25.5. The van der Waals surface area contributed by atoms with Crippen molar-refractivity contribution in [3.05, 3.63) is 76.5 Å². The molecule has 0 bridgehead atoms. The van der Waals surface area contributed by atoms with Crippen LogP contribution in [0.3, 0.4) is 0 Å². The summed E-state index contributed by atoms with van der Waals surface area (Å²) in [5.74, 6) is 0.328. The van der Waals surface area contributed by atoms with E-state index in [-0.39, 0.29) is 23.8 Å². The zero-order valence-electron chi connectivity index (χ0n) is 17.6. The van der Waals surface area contributed by atoms with E-state index in [2.05, 4.69) is 22.6 Å². The molecule has 31 heavy (non-hydrogen) atoms. The Morgan fingerprint density at radius 1 is 1.39 bits per heavy atom. The number of halogens is 1. The number of carbonyl (C=O) groups is 2. The summed E-state index contributed by atoms with van der Waals surface area (Å²) in [5.41, 5.74) is 2.88. The molecule has 7 nitrogen and oxygen atoms in total. The zero-order valence-corrected chi connectivity index (χ0v) is 18.4. The van der Waals surface area contributed by atoms with Gasteiger partial charge in [-0.3, -0.25) is 14.5 Å². The van der Waals surface area contributed by atoms with Gasteiger partial charge in [-0.2, -0.15) is 4.99 Å². The third-order valence-electron chi connectivity index (χ3n) is 5.64. The van der Waals surface area contributed by atoms with E-state index < -0.39 is 6.10 Å². The summed E-state index contributed by atoms with van der Waals surface area (Å²) in [6, 6.07) is 3.19. The van der Waals surface area contributed by atoms with Crippen molar-refractivity contribution in [2.24, 2.45) is 4.99 Å². The van der Waals surface area contributed by atoms with Gasteiger partial charge in [0.15, 0.2) is 6.10 Å². The summed E-state index contributed by atoms with van der Waals surface area (Å²) < 4.78 is 5.71. The summed E-state index contributed by atoms with van der Waals surface area (Å²) in [6.45, 7) is 7.39. The van der Waals surface area contributed by atoms with Gasteiger partial charge in [0.05, 0.1) is 11.7 Å². The van der Waals surface area contributed by atoms with Gasteiger partial charge in [-0.25, -0.2) is 4.98 Å². The standard InChI is InChI=1S/C23H23ClN4O3/c1-5-19(26-21-13(2)27(4)22(29)14(3)31-21)28-20(15-10-11-18(24)25-12-15)16-8-6-7-9-17(16)23(28)30/h5-6,8,10-12,14,20H,2,7,9H2,1,3-4H3/b19-5+,26-21+/t14-,20?/m1/s1. The lowest BCUT2D eigenvalue weighted by atomic mass is 9.93. The molecule has 2 atom stereocenters. The maximum Gasteiger partial charge on any atom is 0.267 e. The Hall–Kier alpha value is -3.19. The van der Waals surface area contributed by atoms with Gasteiger partial charge in [0.2, 0.25) is 5.90 Å². The topological polar surface area (TPSA) is 75.1 Å². The molecule has 0 radical (unpaired) electrons. The second kappa shape index (κ2) is 8.15. The lowest BCUT2D eigenvalue weighted by molar-refractivity contribution is -0.137. The molecule has 1 aromatic heterocycles. The Bertz CT molecular complexity index is 1080. The van der Waals surface area contributed by atoms with Crippen LogP contribution in [0.4, 0.5) is 0 Å². The molecule has 1 fully saturated rings. The Morgan fingerprint density at radius 3 is 2.84 bits per heavy atom. The highest BCUT2D eigenvalue weighted by molar-refractivity contribution is 6.29. The number of pyridine rings is 1. The predicted molar refractivity (Wildman–Crippen MR) is 118 cm³/mol. The number of morpholine rings is 1. The largest absolute Gasteiger partial charge is 0.463 e. The van der Waals surface area contributed by atoms with Crippen molar-refractivity contribution in [1.82, 2.24) is 14.8 Å². The maximum absolute atomic E-state index is 13.4. The van der Waals surface area contributed by atoms with Crippen LogP contribution in [0.15, 0.2) is 70.8 Å². The van der Waals surface area contributed by atoms with E-state index in [0.717, 1.165) is 23.1 Å². The third-order valence-corrected chi connectivity index (χ3v) is 5.87. The van der Waals surface area contributed by atoms with E-state index in [1.165, 1.54) is 4.90 Å². The molecule has 1 aromatic rings. The SMILES string of the molecule is C=C1/C(=N\C(=C/C)N2C(=O)C3=C(C=CCC3)C2c2ccc(Cl)nc2)O[C@H](C)C(=O)N1C. The minimum atomic E-state index is -0.688. The Kier molecular flexibility index (Phi) is 5.54. The fourth-order valence-electron chi connectivity index (χ4n) is 3.97. The van der Waals surface area contributed by atoms with Crippen molar-refractivity contribution in [2.45, 2.75) is 38.8 Å². The first-order chi connectivity index (χ1) is 14.8. The van der Waals surface area contributed by atoms with E-state index in [9.17, 15) is 9.59 Å². The van der Waals surface area contributed by atoms with Gasteiger partial charge in [0.25, 0.3) is 11.8 Å². The van der Waals surface area contributed by atoms with Crippen LogP contribution >= 0.6 is 11.6 Å². The number of allylic oxidation sites excluding steroid dienone is 2. The summed E-state index contributed by atoms with van der Waals surface area (Å²) in [5, 5.41) is 0.383. The molecule has 1 saturated heterocycles. The molecular weight excluding hydrogens is 416 g/mol. The number of ether oxygens (including phenoxy) is 1. The molecule has 2 amide bonds. The molecule has 0 spiro atoms. The molecule has 8 heteroatoms. The van der Waals surface area contributed by atoms with E-state index >= 15 is 0 Å². The van der Waals surface area contributed by atoms with Crippen molar-refractivity contribution in [3.8, 4) is 0 Å². The average Bonchev–Trinajstić information content (AvgIpc) is 3.07. The van der Waals surface area contributed by atoms with E-state index in [4.69, 9.17) is 16.3 Å². The zero-order chi connectivity index (χ0) is 22.3. The number of nitrogens with zero attached hydrogens (tertiary/aromatic N) is 4. The highest BCUT2D eigenvalue weighted by Crippen LogP contribution is 2.44. The lowest BCUT2D eigenvalue weighted by Gasteiger charge is -2.32. The van der Waals surface area contributed by atoms with Gasteiger partial charge in [-0.15, -0.1) is 0 Å². The Balaban J connectivity index is 1.77. The summed E-state index contributed by atoms with van der Waals surface area (Å²) in [6.07, 6.45) is 8.30. The molecule has 1 unspecified atom stereocenters. The summed E-state index contributed by atoms with van der Waals surface area (Å²) in [4.78, 5) is 37.5. The molecule has 160 valence electrons. The molecule has 0 saturated carbocycles. The first-order valence-corrected chi connectivity index (χ1v) is 10.4. The predicted octanol–water partition coefficient (Wildman–Crippen LogP) is 3.92. The molecule has 3 aliphatic rings. The van der Waals surface area contributed by atoms with Crippen molar-refractivity contribution >= 4 is 29.3 Å². The number of aromatic nitrogens is 1. The third kappa shape index (κ3) is 3.59. The van der Waals surface area contributed by atoms with Crippen LogP contribution in [0.1, 0.15) is 38.3 Å². The summed E-state index contributed by atoms with van der Waals surface area (Å²) in [7, 11) is 1.63. The molecule has 0 N–H and O–H groups in total. The van der Waals surface area contributed by atoms with Crippen LogP contribution in [-0.4, -0.2) is 45.6 Å². The summed E-state index contributed by atoms with van der Waals surface area (Å²) >= 11 is 5.99. The smallest absolute Gasteiger partial charge is 0.267 e. The second-order valence-electron chi connectivity index (χ2n) is 7.53. The molecular formula is C23H23ClN4O3. The number of hydrogen-bond donors (Lipinski definition) is 0. The van der Waals surface area contributed by atoms with Crippen molar-refractivity contribution in [1.29, 1.82) is 0 Å². The van der Waals surface area contributed by atoms with Crippen LogP contribution in [0.2, 0.25) is 5.15 Å². The number of amides is 2. The van der Waals surface area contributed by atoms with Gasteiger partial charge in [0, 0.05) is 18.8 Å². The number of rotatable bonds is 3. The highest BCUT2D eigenvalue weighted by Gasteiger charge is 2.42. The van der Waals surface area contributed by atoms with Crippen LogP contribution < -0.4 is 0 Å². The first-order valence-electron chi connectivity index (χ1n) is 10.1. The number of likely N-dealkylation sites (N-methyl/N-ethyl adjacent to an activating group) is 1. The van der Waals surface area contributed by atoms with Crippen molar-refractivity contribution in [2.75, 3.05) is 7.05 Å². The minimum Gasteiger partial charge on any atom is -0.463 e. The first kappa shape index (κ1) is 21.1. The quantitative estimate of drug-likeness (QED) is 0.670. The van der Waals surface area contributed by atoms with Crippen LogP contribution in [-0.2, 0) is 14.3 Å². The molecule has 0 aromatic carbocycles. The maximum atomic E-state index is 13.4. The fourth-order valence-corrected chi connectivity index (χ4v) is 4.08. The lowest BCUT2D eigenvalue weighted by Crippen LogP contribution is -2.45. The average molecular weight is 439 g/mol. The minimum absolute atomic E-state index is 0.101. The van der Waals surface area contributed by atoms with Crippen LogP contribution in [0.5, 0.6) is 0 Å². The van der Waals surface area contributed by atoms with Crippen molar-refractivity contribution in [3.63, 3.8) is 0 Å². The van der Waals surface area contributed by atoms with Gasteiger partial charge >= 0.3 is 0 Å². The Morgan fingerprint density at radius 2 is 2.16 bits per heavy atom. The number of carbonyl (C=O) groups excluding carboxylic acids is 2. The number of aliphatic imine (C=N–C) groups is 1. The van der Waals surface area contributed by atoms with E-state index in [0.29, 0.717) is 23.1 Å². The molecule has 4 rings (SSSR count). The van der Waals surface area contributed by atoms with Gasteiger partial charge < -0.3 is 9.64 Å². The van der Waals surface area contributed by atoms with Crippen LogP contribution in [0, 0.1) is 0 Å². The van der Waals surface area contributed by atoms with Crippen molar-refractivity contribution < 1.29 is 14.3 Å².